The van der Waals surface area contributed by atoms with Crippen LogP contribution in [-0.2, 0) is 19.2 Å². The monoisotopic (exact) mass is 332 g/mol. The molecule has 10 nitrogen and oxygen atoms in total. The molecule has 0 radical (unpaired) electrons. The standard InChI is InChI=1S/2C5H9NO4.Ca/c2*6-3(5(9)10)1-2-4(7)8;/h2*3H,1-2,6H2,(H,7,8)(H,9,10);/q;;+2/p-2/t2*3-;/m10./s1. The summed E-state index contributed by atoms with van der Waals surface area (Å²) in [4.78, 5) is 39.5. The van der Waals surface area contributed by atoms with Crippen LogP contribution in [0.25, 0.3) is 0 Å². The molecule has 0 aliphatic carbocycles. The fraction of sp³-hybridized carbons (Fsp3) is 0.600. The number of carbonyl (C=O) groups is 4. The molecule has 116 valence electrons. The number of carboxylic acids is 4. The van der Waals surface area contributed by atoms with E-state index < -0.39 is 36.0 Å². The largest absolute Gasteiger partial charge is 2.00 e. The summed E-state index contributed by atoms with van der Waals surface area (Å²) in [6, 6.07) is -2.20. The van der Waals surface area contributed by atoms with Crippen molar-refractivity contribution in [2.45, 2.75) is 37.8 Å². The van der Waals surface area contributed by atoms with Gasteiger partial charge in [-0.25, -0.2) is 0 Å². The van der Waals surface area contributed by atoms with E-state index in [9.17, 15) is 29.4 Å². The third-order valence-corrected chi connectivity index (χ3v) is 1.95. The zero-order valence-corrected chi connectivity index (χ0v) is 13.4. The van der Waals surface area contributed by atoms with Crippen molar-refractivity contribution in [3.05, 3.63) is 0 Å². The molecular weight excluding hydrogens is 316 g/mol. The summed E-state index contributed by atoms with van der Waals surface area (Å²) in [7, 11) is 0. The van der Waals surface area contributed by atoms with E-state index in [1.54, 1.807) is 0 Å². The Bertz CT molecular complexity index is 329. The minimum Gasteiger partial charge on any atom is -0.550 e. The van der Waals surface area contributed by atoms with E-state index in [4.69, 9.17) is 21.7 Å². The smallest absolute Gasteiger partial charge is 0.550 e. The van der Waals surface area contributed by atoms with E-state index in [0.717, 1.165) is 0 Å². The maximum absolute atomic E-state index is 9.97. The Morgan fingerprint density at radius 3 is 1.19 bits per heavy atom. The van der Waals surface area contributed by atoms with Gasteiger partial charge in [-0.3, -0.25) is 9.59 Å². The van der Waals surface area contributed by atoms with Crippen molar-refractivity contribution in [2.75, 3.05) is 0 Å². The quantitative estimate of drug-likeness (QED) is 0.313. The fourth-order valence-electron chi connectivity index (χ4n) is 0.794. The third kappa shape index (κ3) is 19.1. The minimum absolute atomic E-state index is 0. The zero-order chi connectivity index (χ0) is 16.3. The molecule has 0 bridgehead atoms. The first-order valence-electron chi connectivity index (χ1n) is 5.44. The van der Waals surface area contributed by atoms with Crippen LogP contribution >= 0.6 is 0 Å². The zero-order valence-electron chi connectivity index (χ0n) is 11.2. The number of carboxylic acid groups (broad SMARTS) is 4. The number of nitrogens with two attached hydrogens (primary N) is 2. The maximum atomic E-state index is 9.97. The third-order valence-electron chi connectivity index (χ3n) is 1.95. The van der Waals surface area contributed by atoms with Crippen molar-refractivity contribution in [2.24, 2.45) is 11.5 Å². The van der Waals surface area contributed by atoms with Crippen LogP contribution in [-0.4, -0.2) is 83.9 Å². The van der Waals surface area contributed by atoms with Crippen LogP contribution in [0, 0.1) is 0 Å². The average Bonchev–Trinajstić information content (AvgIpc) is 2.33. The summed E-state index contributed by atoms with van der Waals surface area (Å²) in [5.41, 5.74) is 9.95. The van der Waals surface area contributed by atoms with Crippen LogP contribution in [0.2, 0.25) is 0 Å². The van der Waals surface area contributed by atoms with E-state index in [-0.39, 0.29) is 63.4 Å². The van der Waals surface area contributed by atoms with Gasteiger partial charge in [-0.05, 0) is 25.7 Å². The first kappa shape index (κ1) is 25.0. The predicted octanol–water partition coefficient (Wildman–Crippen LogP) is -4.52. The van der Waals surface area contributed by atoms with E-state index in [1.807, 2.05) is 0 Å². The van der Waals surface area contributed by atoms with Gasteiger partial charge in [-0.15, -0.1) is 0 Å². The summed E-state index contributed by atoms with van der Waals surface area (Å²) in [6.45, 7) is 0. The summed E-state index contributed by atoms with van der Waals surface area (Å²) < 4.78 is 0. The van der Waals surface area contributed by atoms with Gasteiger partial charge in [0.1, 0.15) is 12.1 Å². The molecule has 0 aromatic carbocycles. The van der Waals surface area contributed by atoms with Gasteiger partial charge in [-0.1, -0.05) is 0 Å². The molecule has 0 aromatic heterocycles. The van der Waals surface area contributed by atoms with Crippen LogP contribution in [0.15, 0.2) is 0 Å². The Balaban J connectivity index is -0.000000295. The second kappa shape index (κ2) is 14.0. The number of carbonyl (C=O) groups excluding carboxylic acids is 2. The van der Waals surface area contributed by atoms with E-state index in [0.29, 0.717) is 0 Å². The molecule has 6 N–H and O–H groups in total. The molecule has 0 saturated heterocycles. The Labute approximate surface area is 150 Å². The molecule has 0 rings (SSSR count). The first-order chi connectivity index (χ1) is 9.07. The SMILES string of the molecule is N[C@@H](CCC(=O)[O-])C(=O)O.N[C@H](CCC(=O)[O-])C(=O)O.[Ca+2]. The topological polar surface area (TPSA) is 207 Å². The first-order valence-corrected chi connectivity index (χ1v) is 5.44. The van der Waals surface area contributed by atoms with Crippen molar-refractivity contribution in [1.82, 2.24) is 0 Å². The second-order valence-electron chi connectivity index (χ2n) is 3.71. The molecule has 0 fully saturated rings. The van der Waals surface area contributed by atoms with Gasteiger partial charge in [-0.2, -0.15) is 0 Å². The predicted molar refractivity (Wildman–Crippen MR) is 65.5 cm³/mol. The van der Waals surface area contributed by atoms with E-state index >= 15 is 0 Å². The second-order valence-corrected chi connectivity index (χ2v) is 3.71. The van der Waals surface area contributed by atoms with Crippen molar-refractivity contribution >= 4 is 61.6 Å². The molecule has 0 spiro atoms. The molecule has 0 aliphatic heterocycles. The summed E-state index contributed by atoms with van der Waals surface area (Å²) >= 11 is 0. The number of aliphatic carboxylic acids is 4. The van der Waals surface area contributed by atoms with E-state index in [2.05, 4.69) is 0 Å². The average molecular weight is 332 g/mol. The van der Waals surface area contributed by atoms with Crippen LogP contribution in [0.5, 0.6) is 0 Å². The van der Waals surface area contributed by atoms with Crippen LogP contribution < -0.4 is 21.7 Å². The van der Waals surface area contributed by atoms with Crippen molar-refractivity contribution in [1.29, 1.82) is 0 Å². The van der Waals surface area contributed by atoms with Crippen LogP contribution in [0.4, 0.5) is 0 Å². The van der Waals surface area contributed by atoms with Gasteiger partial charge in [0, 0.05) is 11.9 Å². The van der Waals surface area contributed by atoms with Gasteiger partial charge in [0.15, 0.2) is 0 Å². The summed E-state index contributed by atoms with van der Waals surface area (Å²) in [5, 5.41) is 35.8. The molecule has 0 aromatic rings. The van der Waals surface area contributed by atoms with E-state index in [1.165, 1.54) is 0 Å². The minimum atomic E-state index is -1.28. The van der Waals surface area contributed by atoms with Crippen LogP contribution in [0.3, 0.4) is 0 Å². The summed E-state index contributed by atoms with van der Waals surface area (Å²) in [6.07, 6.45) is -0.795. The molecule has 0 unspecified atom stereocenters. The van der Waals surface area contributed by atoms with Crippen molar-refractivity contribution in [3.8, 4) is 0 Å². The molecule has 0 amide bonds. The number of hydrogen-bond donors (Lipinski definition) is 4. The van der Waals surface area contributed by atoms with Gasteiger partial charge >= 0.3 is 49.7 Å². The van der Waals surface area contributed by atoms with Gasteiger partial charge in [0.25, 0.3) is 0 Å². The molecule has 2 atom stereocenters. The van der Waals surface area contributed by atoms with Gasteiger partial charge < -0.3 is 41.5 Å². The molecular formula is C10H16CaN2O8. The number of hydrogen-bond acceptors (Lipinski definition) is 8. The Hall–Kier alpha value is -0.940. The maximum Gasteiger partial charge on any atom is 2.00 e. The van der Waals surface area contributed by atoms with Crippen LogP contribution in [0.1, 0.15) is 25.7 Å². The molecule has 11 heteroatoms. The summed E-state index contributed by atoms with van der Waals surface area (Å²) in [5.74, 6) is -4.95. The molecule has 21 heavy (non-hydrogen) atoms. The molecule has 0 aliphatic rings. The van der Waals surface area contributed by atoms with Crippen molar-refractivity contribution in [3.63, 3.8) is 0 Å². The van der Waals surface area contributed by atoms with Gasteiger partial charge in [0.05, 0.1) is 0 Å². The van der Waals surface area contributed by atoms with Gasteiger partial charge in [0.2, 0.25) is 0 Å². The Kier molecular flexibility index (Phi) is 16.7. The fourth-order valence-corrected chi connectivity index (χ4v) is 0.794. The molecule has 0 saturated carbocycles. The normalized spacial score (nSPS) is 11.9. The number of rotatable bonds is 8. The van der Waals surface area contributed by atoms with Crippen molar-refractivity contribution < 1.29 is 39.6 Å². The molecule has 0 heterocycles. The Morgan fingerprint density at radius 2 is 1.05 bits per heavy atom. The Morgan fingerprint density at radius 1 is 0.810 bits per heavy atom.